The first kappa shape index (κ1) is 9.76. The summed E-state index contributed by atoms with van der Waals surface area (Å²) in [4.78, 5) is 15.3. The van der Waals surface area contributed by atoms with Crippen molar-refractivity contribution in [1.29, 1.82) is 0 Å². The van der Waals surface area contributed by atoms with Gasteiger partial charge in [-0.15, -0.1) is 0 Å². The van der Waals surface area contributed by atoms with Gasteiger partial charge in [0.2, 0.25) is 0 Å². The van der Waals surface area contributed by atoms with E-state index >= 15 is 0 Å². The second kappa shape index (κ2) is 4.20. The lowest BCUT2D eigenvalue weighted by atomic mass is 10.5. The quantitative estimate of drug-likeness (QED) is 0.686. The zero-order valence-corrected chi connectivity index (χ0v) is 9.04. The van der Waals surface area contributed by atoms with Gasteiger partial charge >= 0.3 is 0 Å². The number of fused-ring (bicyclic) bond motifs is 1. The fourth-order valence-corrected chi connectivity index (χ4v) is 1.62. The van der Waals surface area contributed by atoms with E-state index in [2.05, 4.69) is 30.4 Å². The average molecular weight is 229 g/mol. The van der Waals surface area contributed by atoms with Crippen molar-refractivity contribution in [1.82, 2.24) is 29.7 Å². The van der Waals surface area contributed by atoms with Crippen LogP contribution in [0.3, 0.4) is 0 Å². The standard InChI is InChI=1S/C10H11N7/c1-2-16-17(4-1)5-3-11-9-8-10(13-6-12-8)15-7-14-9/h1-2,4,6-7H,3,5H2,(H2,11,12,13,14,15). The normalized spacial score (nSPS) is 10.8. The molecule has 0 fully saturated rings. The first-order chi connectivity index (χ1) is 8.43. The van der Waals surface area contributed by atoms with Crippen LogP contribution in [-0.4, -0.2) is 36.3 Å². The topological polar surface area (TPSA) is 84.3 Å². The van der Waals surface area contributed by atoms with Crippen LogP contribution in [0.15, 0.2) is 31.1 Å². The Kier molecular flexibility index (Phi) is 2.41. The minimum absolute atomic E-state index is 0.668. The van der Waals surface area contributed by atoms with Crippen LogP contribution < -0.4 is 5.32 Å². The largest absolute Gasteiger partial charge is 0.366 e. The van der Waals surface area contributed by atoms with Crippen molar-refractivity contribution < 1.29 is 0 Å². The Bertz CT molecular complexity index is 598. The molecule has 0 spiro atoms. The minimum atomic E-state index is 0.668. The number of aromatic nitrogens is 6. The third kappa shape index (κ3) is 1.94. The molecule has 0 amide bonds. The summed E-state index contributed by atoms with van der Waals surface area (Å²) < 4.78 is 1.86. The lowest BCUT2D eigenvalue weighted by molar-refractivity contribution is 0.637. The number of hydrogen-bond donors (Lipinski definition) is 2. The van der Waals surface area contributed by atoms with E-state index in [9.17, 15) is 0 Å². The van der Waals surface area contributed by atoms with Crippen molar-refractivity contribution in [3.05, 3.63) is 31.1 Å². The Balaban J connectivity index is 1.70. The Morgan fingerprint density at radius 3 is 3.18 bits per heavy atom. The molecule has 2 N–H and O–H groups in total. The van der Waals surface area contributed by atoms with Crippen LogP contribution in [0.1, 0.15) is 0 Å². The third-order valence-corrected chi connectivity index (χ3v) is 2.42. The van der Waals surface area contributed by atoms with Gasteiger partial charge < -0.3 is 10.3 Å². The van der Waals surface area contributed by atoms with Crippen LogP contribution in [0.25, 0.3) is 11.2 Å². The number of nitrogens with one attached hydrogen (secondary N) is 2. The summed E-state index contributed by atoms with van der Waals surface area (Å²) in [6.07, 6.45) is 6.79. The van der Waals surface area contributed by atoms with Gasteiger partial charge in [-0.1, -0.05) is 0 Å². The third-order valence-electron chi connectivity index (χ3n) is 2.42. The van der Waals surface area contributed by atoms with Crippen LogP contribution in [0.2, 0.25) is 0 Å². The highest BCUT2D eigenvalue weighted by Gasteiger charge is 2.04. The zero-order valence-electron chi connectivity index (χ0n) is 9.04. The van der Waals surface area contributed by atoms with Gasteiger partial charge in [0.15, 0.2) is 11.5 Å². The van der Waals surface area contributed by atoms with E-state index in [4.69, 9.17) is 0 Å². The minimum Gasteiger partial charge on any atom is -0.366 e. The highest BCUT2D eigenvalue weighted by atomic mass is 15.3. The smallest absolute Gasteiger partial charge is 0.182 e. The van der Waals surface area contributed by atoms with Crippen molar-refractivity contribution in [3.63, 3.8) is 0 Å². The van der Waals surface area contributed by atoms with Gasteiger partial charge in [0.05, 0.1) is 12.9 Å². The molecular weight excluding hydrogens is 218 g/mol. The van der Waals surface area contributed by atoms with Crippen LogP contribution in [0.4, 0.5) is 5.82 Å². The first-order valence-electron chi connectivity index (χ1n) is 5.29. The van der Waals surface area contributed by atoms with Gasteiger partial charge in [-0.2, -0.15) is 5.10 Å². The molecular formula is C10H11N7. The van der Waals surface area contributed by atoms with Gasteiger partial charge in [0.25, 0.3) is 0 Å². The molecule has 0 aromatic carbocycles. The maximum atomic E-state index is 4.17. The van der Waals surface area contributed by atoms with Crippen molar-refractivity contribution in [2.75, 3.05) is 11.9 Å². The van der Waals surface area contributed by atoms with Gasteiger partial charge in [-0.05, 0) is 6.07 Å². The number of hydrogen-bond acceptors (Lipinski definition) is 5. The molecule has 0 aliphatic heterocycles. The molecule has 0 atom stereocenters. The Hall–Kier alpha value is -2.44. The predicted molar refractivity (Wildman–Crippen MR) is 62.4 cm³/mol. The van der Waals surface area contributed by atoms with E-state index in [0.29, 0.717) is 5.65 Å². The fourth-order valence-electron chi connectivity index (χ4n) is 1.62. The van der Waals surface area contributed by atoms with Crippen molar-refractivity contribution >= 4 is 17.0 Å². The first-order valence-corrected chi connectivity index (χ1v) is 5.29. The molecule has 3 aromatic heterocycles. The summed E-state index contributed by atoms with van der Waals surface area (Å²) in [7, 11) is 0. The Morgan fingerprint density at radius 1 is 1.29 bits per heavy atom. The SMILES string of the molecule is c1cnn(CCNc2ncnc3nc[nH]c23)c1. The maximum absolute atomic E-state index is 4.17. The molecule has 7 nitrogen and oxygen atoms in total. The Labute approximate surface area is 96.9 Å². The lowest BCUT2D eigenvalue weighted by Crippen LogP contribution is -2.12. The molecule has 0 saturated heterocycles. The van der Waals surface area contributed by atoms with E-state index in [1.165, 1.54) is 6.33 Å². The monoisotopic (exact) mass is 229 g/mol. The van der Waals surface area contributed by atoms with Gasteiger partial charge in [-0.3, -0.25) is 4.68 Å². The van der Waals surface area contributed by atoms with Crippen molar-refractivity contribution in [2.24, 2.45) is 0 Å². The van der Waals surface area contributed by atoms with E-state index in [-0.39, 0.29) is 0 Å². The molecule has 0 bridgehead atoms. The van der Waals surface area contributed by atoms with Crippen LogP contribution in [-0.2, 0) is 6.54 Å². The van der Waals surface area contributed by atoms with Crippen LogP contribution in [0.5, 0.6) is 0 Å². The maximum Gasteiger partial charge on any atom is 0.182 e. The second-order valence-electron chi connectivity index (χ2n) is 3.52. The van der Waals surface area contributed by atoms with Gasteiger partial charge in [-0.25, -0.2) is 15.0 Å². The predicted octanol–water partition coefficient (Wildman–Crippen LogP) is 0.661. The lowest BCUT2D eigenvalue weighted by Gasteiger charge is -2.05. The number of H-pyrrole nitrogens is 1. The van der Waals surface area contributed by atoms with E-state index in [1.807, 2.05) is 16.9 Å². The van der Waals surface area contributed by atoms with E-state index < -0.39 is 0 Å². The summed E-state index contributed by atoms with van der Waals surface area (Å²) in [6, 6.07) is 1.90. The molecule has 0 unspecified atom stereocenters. The summed E-state index contributed by atoms with van der Waals surface area (Å²) >= 11 is 0. The molecule has 0 aliphatic carbocycles. The van der Waals surface area contributed by atoms with E-state index in [1.54, 1.807) is 12.5 Å². The Morgan fingerprint density at radius 2 is 2.29 bits per heavy atom. The number of anilines is 1. The molecule has 3 rings (SSSR count). The second-order valence-corrected chi connectivity index (χ2v) is 3.52. The number of aromatic amines is 1. The number of rotatable bonds is 4. The summed E-state index contributed by atoms with van der Waals surface area (Å²) in [5, 5.41) is 7.35. The number of nitrogens with zero attached hydrogens (tertiary/aromatic N) is 5. The molecule has 3 aromatic rings. The van der Waals surface area contributed by atoms with Gasteiger partial charge in [0.1, 0.15) is 11.8 Å². The molecule has 17 heavy (non-hydrogen) atoms. The van der Waals surface area contributed by atoms with Crippen molar-refractivity contribution in [2.45, 2.75) is 6.54 Å². The van der Waals surface area contributed by atoms with Crippen LogP contribution in [0, 0.1) is 0 Å². The molecule has 7 heteroatoms. The fraction of sp³-hybridized carbons (Fsp3) is 0.200. The average Bonchev–Trinajstić information content (AvgIpc) is 2.99. The molecule has 86 valence electrons. The molecule has 0 aliphatic rings. The zero-order chi connectivity index (χ0) is 11.5. The van der Waals surface area contributed by atoms with Crippen molar-refractivity contribution in [3.8, 4) is 0 Å². The number of imidazole rings is 1. The molecule has 0 radical (unpaired) electrons. The molecule has 3 heterocycles. The summed E-state index contributed by atoms with van der Waals surface area (Å²) in [6.45, 7) is 1.53. The molecule has 0 saturated carbocycles. The highest BCUT2D eigenvalue weighted by molar-refractivity contribution is 5.81. The summed E-state index contributed by atoms with van der Waals surface area (Å²) in [5.74, 6) is 0.764. The highest BCUT2D eigenvalue weighted by Crippen LogP contribution is 2.13. The van der Waals surface area contributed by atoms with E-state index in [0.717, 1.165) is 24.4 Å². The summed E-state index contributed by atoms with van der Waals surface area (Å²) in [5.41, 5.74) is 1.49. The van der Waals surface area contributed by atoms with Crippen LogP contribution >= 0.6 is 0 Å². The van der Waals surface area contributed by atoms with Gasteiger partial charge in [0, 0.05) is 18.9 Å².